The maximum atomic E-state index is 15.1. The van der Waals surface area contributed by atoms with E-state index in [9.17, 15) is 19.2 Å². The normalized spacial score (nSPS) is 18.1. The third kappa shape index (κ3) is 14.2. The molecule has 1 fully saturated rings. The van der Waals surface area contributed by atoms with Crippen molar-refractivity contribution in [2.45, 2.75) is 43.9 Å². The number of anilines is 2. The molecule has 3 atom stereocenters. The van der Waals surface area contributed by atoms with E-state index in [0.717, 1.165) is 28.7 Å². The lowest BCUT2D eigenvalue weighted by Gasteiger charge is -2.30. The average Bonchev–Trinajstić information content (AvgIpc) is 3.78. The number of ether oxygens (including phenoxy) is 2. The van der Waals surface area contributed by atoms with Gasteiger partial charge in [-0.1, -0.05) is 41.1 Å². The van der Waals surface area contributed by atoms with Crippen molar-refractivity contribution in [1.82, 2.24) is 20.5 Å². The smallest absolute Gasteiger partial charge is 0.243 e. The van der Waals surface area contributed by atoms with Crippen LogP contribution in [0.25, 0.3) is 0 Å². The van der Waals surface area contributed by atoms with Crippen LogP contribution in [0.4, 0.5) is 20.2 Å². The van der Waals surface area contributed by atoms with E-state index >= 15 is 8.78 Å². The number of benzene rings is 4. The lowest BCUT2D eigenvalue weighted by atomic mass is 9.91. The lowest BCUT2D eigenvalue weighted by molar-refractivity contribution is -0.137. The highest BCUT2D eigenvalue weighted by Crippen LogP contribution is 2.36. The van der Waals surface area contributed by atoms with Crippen molar-refractivity contribution >= 4 is 59.4 Å². The lowest BCUT2D eigenvalue weighted by Crippen LogP contribution is -2.51. The molecule has 0 saturated carbocycles. The number of piperidine rings is 1. The maximum Gasteiger partial charge on any atom is 0.243 e. The number of nitrogens with zero attached hydrogens (tertiary/aromatic N) is 6. The Morgan fingerprint density at radius 1 is 1.00 bits per heavy atom. The SMILES string of the molecule is C=N/C=C1/CN=C(c2c(F)cccc2F)c2cc(Cl)ccc2C1Nc1ccc(C2CN(CCNCCOCCOCCC(=O)Nc3ccc(C=O)c(CN(C)C4CCC(=O)NC4=O)c3)N=N2)cc1.CN. The van der Waals surface area contributed by atoms with Crippen molar-refractivity contribution in [2.75, 3.05) is 83.9 Å². The summed E-state index contributed by atoms with van der Waals surface area (Å²) in [6, 6.07) is 20.8. The predicted octanol–water partition coefficient (Wildman–Crippen LogP) is 6.21. The largest absolute Gasteiger partial charge is 0.379 e. The van der Waals surface area contributed by atoms with E-state index in [0.29, 0.717) is 79.8 Å². The molecule has 4 aromatic rings. The van der Waals surface area contributed by atoms with Gasteiger partial charge in [-0.2, -0.15) is 5.11 Å². The number of halogens is 3. The Morgan fingerprint density at radius 2 is 1.74 bits per heavy atom. The number of aliphatic imine (C=N–C) groups is 2. The number of fused-ring (bicyclic) bond motifs is 1. The van der Waals surface area contributed by atoms with Gasteiger partial charge in [0, 0.05) is 59.8 Å². The van der Waals surface area contributed by atoms with E-state index in [1.54, 1.807) is 48.5 Å². The number of rotatable bonds is 22. The van der Waals surface area contributed by atoms with Gasteiger partial charge in [-0.05, 0) is 104 Å². The fourth-order valence-corrected chi connectivity index (χ4v) is 8.33. The van der Waals surface area contributed by atoms with Crippen LogP contribution in [-0.2, 0) is 30.4 Å². The van der Waals surface area contributed by atoms with Gasteiger partial charge in [-0.15, -0.1) is 0 Å². The highest BCUT2D eigenvalue weighted by atomic mass is 35.5. The zero-order valence-electron chi connectivity index (χ0n) is 39.1. The van der Waals surface area contributed by atoms with Gasteiger partial charge in [0.15, 0.2) is 0 Å². The van der Waals surface area contributed by atoms with Crippen LogP contribution in [0.5, 0.6) is 0 Å². The number of imide groups is 1. The number of likely N-dealkylation sites (N-methyl/N-ethyl adjacent to an activating group) is 1. The van der Waals surface area contributed by atoms with Crippen LogP contribution < -0.4 is 27.0 Å². The topological polar surface area (TPSA) is 217 Å². The molecule has 4 aromatic carbocycles. The number of nitrogens with two attached hydrogens (primary N) is 1. The first kappa shape index (κ1) is 52.8. The molecule has 3 heterocycles. The van der Waals surface area contributed by atoms with Crippen molar-refractivity contribution in [2.24, 2.45) is 26.1 Å². The standard InChI is InChI=1S/C49H53ClF2N10O6.CH5N/c1-53-26-34-27-55-48(46-40(51)4-3-5-41(46)52)39-25-35(50)9-13-38(39)47(34)57-36-10-6-31(7-11-36)42-29-62(60-59-42)19-17-54-18-21-68-23-22-67-20-16-45(65)56-37-12-8-32(30-63)33(24-37)28-61(2)43-14-15-44(64)58-49(43)66;1-2/h3-13,24-26,30,42-43,47,54,57H,1,14-23,27-29H2,2H3,(H,56,65)(H,58,64,66);2H2,1H3/b34-26-;. The molecule has 0 radical (unpaired) electrons. The molecule has 3 aliphatic rings. The number of amides is 3. The molecule has 20 heteroatoms. The first-order valence-electron chi connectivity index (χ1n) is 22.8. The first-order valence-corrected chi connectivity index (χ1v) is 23.2. The van der Waals surface area contributed by atoms with Gasteiger partial charge in [-0.25, -0.2) is 8.78 Å². The number of hydrogen-bond donors (Lipinski definition) is 5. The first-order chi connectivity index (χ1) is 34.0. The minimum absolute atomic E-state index is 0.119. The third-order valence-corrected chi connectivity index (χ3v) is 11.9. The van der Waals surface area contributed by atoms with Gasteiger partial charge in [0.2, 0.25) is 17.7 Å². The van der Waals surface area contributed by atoms with Crippen LogP contribution in [0, 0.1) is 11.6 Å². The summed E-state index contributed by atoms with van der Waals surface area (Å²) in [6.45, 7) is 8.01. The zero-order chi connectivity index (χ0) is 50.0. The minimum Gasteiger partial charge on any atom is -0.379 e. The summed E-state index contributed by atoms with van der Waals surface area (Å²) >= 11 is 6.42. The van der Waals surface area contributed by atoms with Crippen LogP contribution in [0.2, 0.25) is 5.02 Å². The fourth-order valence-electron chi connectivity index (χ4n) is 8.16. The summed E-state index contributed by atoms with van der Waals surface area (Å²) in [6.07, 6.45) is 3.11. The Kier molecular flexibility index (Phi) is 19.9. The van der Waals surface area contributed by atoms with Gasteiger partial charge in [-0.3, -0.25) is 44.4 Å². The van der Waals surface area contributed by atoms with Gasteiger partial charge in [0.05, 0.1) is 75.8 Å². The molecule has 7 rings (SSSR count). The van der Waals surface area contributed by atoms with Crippen molar-refractivity contribution in [3.8, 4) is 0 Å². The molecule has 6 N–H and O–H groups in total. The number of hydrogen-bond acceptors (Lipinski definition) is 15. The Labute approximate surface area is 410 Å². The molecule has 17 nitrogen and oxygen atoms in total. The van der Waals surface area contributed by atoms with Crippen molar-refractivity contribution < 1.29 is 37.4 Å². The van der Waals surface area contributed by atoms with E-state index in [1.807, 2.05) is 35.3 Å². The van der Waals surface area contributed by atoms with Crippen LogP contribution in [0.3, 0.4) is 0 Å². The molecule has 1 saturated heterocycles. The third-order valence-electron chi connectivity index (χ3n) is 11.7. The molecule has 0 spiro atoms. The fraction of sp³-hybridized carbons (Fsp3) is 0.360. The Morgan fingerprint density at radius 3 is 2.47 bits per heavy atom. The minimum atomic E-state index is -0.720. The second-order valence-electron chi connectivity index (χ2n) is 16.4. The Bertz CT molecular complexity index is 2560. The van der Waals surface area contributed by atoms with Crippen molar-refractivity contribution in [3.05, 3.63) is 141 Å². The number of nitrogens with one attached hydrogen (secondary N) is 4. The zero-order valence-corrected chi connectivity index (χ0v) is 39.9. The molecule has 3 aliphatic heterocycles. The molecule has 0 aromatic heterocycles. The van der Waals surface area contributed by atoms with Gasteiger partial charge in [0.25, 0.3) is 0 Å². The van der Waals surface area contributed by atoms with Gasteiger partial charge < -0.3 is 31.2 Å². The second kappa shape index (κ2) is 26.4. The molecule has 0 bridgehead atoms. The molecule has 3 unspecified atom stereocenters. The molecular weight excluding hydrogens is 924 g/mol. The average molecular weight is 983 g/mol. The number of carbonyl (C=O) groups is 4. The van der Waals surface area contributed by atoms with Crippen LogP contribution >= 0.6 is 11.6 Å². The van der Waals surface area contributed by atoms with E-state index < -0.39 is 23.7 Å². The highest BCUT2D eigenvalue weighted by Gasteiger charge is 2.31. The summed E-state index contributed by atoms with van der Waals surface area (Å²) in [5.41, 5.74) is 9.84. The van der Waals surface area contributed by atoms with E-state index in [1.165, 1.54) is 25.2 Å². The van der Waals surface area contributed by atoms with E-state index in [4.69, 9.17) is 21.1 Å². The van der Waals surface area contributed by atoms with Gasteiger partial charge in [0.1, 0.15) is 24.0 Å². The number of aldehydes is 1. The van der Waals surface area contributed by atoms with E-state index in [2.05, 4.69) is 54.0 Å². The summed E-state index contributed by atoms with van der Waals surface area (Å²) in [5.74, 6) is -2.35. The molecule has 70 heavy (non-hydrogen) atoms. The number of carbonyl (C=O) groups excluding carboxylic acids is 4. The van der Waals surface area contributed by atoms with Crippen molar-refractivity contribution in [3.63, 3.8) is 0 Å². The van der Waals surface area contributed by atoms with Gasteiger partial charge >= 0.3 is 0 Å². The van der Waals surface area contributed by atoms with Crippen LogP contribution in [0.1, 0.15) is 69.5 Å². The summed E-state index contributed by atoms with van der Waals surface area (Å²) in [7, 11) is 3.25. The van der Waals surface area contributed by atoms with E-state index in [-0.39, 0.29) is 67.6 Å². The van der Waals surface area contributed by atoms with Crippen molar-refractivity contribution in [1.29, 1.82) is 0 Å². The molecule has 3 amide bonds. The summed E-state index contributed by atoms with van der Waals surface area (Å²) < 4.78 is 41.4. The summed E-state index contributed by atoms with van der Waals surface area (Å²) in [5, 5.41) is 23.3. The quantitative estimate of drug-likeness (QED) is 0.0258. The second-order valence-corrected chi connectivity index (χ2v) is 16.8. The molecule has 370 valence electrons. The summed E-state index contributed by atoms with van der Waals surface area (Å²) in [4.78, 5) is 58.6. The monoisotopic (exact) mass is 981 g/mol. The van der Waals surface area contributed by atoms with Crippen LogP contribution in [-0.4, -0.2) is 126 Å². The molecule has 0 aliphatic carbocycles. The Hall–Kier alpha value is -6.61. The maximum absolute atomic E-state index is 15.1. The predicted molar refractivity (Wildman–Crippen MR) is 265 cm³/mol. The highest BCUT2D eigenvalue weighted by molar-refractivity contribution is 6.31. The Balaban J connectivity index is 0.00000397. The van der Waals surface area contributed by atoms with Crippen LogP contribution in [0.15, 0.2) is 111 Å². The molecular formula is C50H58ClF2N11O6.